The number of anilines is 1. The van der Waals surface area contributed by atoms with E-state index in [2.05, 4.69) is 45.3 Å². The van der Waals surface area contributed by atoms with E-state index in [4.69, 9.17) is 4.42 Å². The van der Waals surface area contributed by atoms with Gasteiger partial charge in [-0.05, 0) is 31.2 Å². The van der Waals surface area contributed by atoms with Gasteiger partial charge in [0.25, 0.3) is 0 Å². The monoisotopic (exact) mass is 348 g/mol. The maximum absolute atomic E-state index is 5.30. The molecule has 0 amide bonds. The van der Waals surface area contributed by atoms with Gasteiger partial charge in [-0.1, -0.05) is 28.1 Å². The Labute approximate surface area is 129 Å². The van der Waals surface area contributed by atoms with Crippen LogP contribution in [0, 0.1) is 6.92 Å². The molecule has 0 saturated heterocycles. The molecule has 3 nitrogen and oxygen atoms in total. The number of nitrogens with zero attached hydrogens (tertiary/aromatic N) is 1. The normalized spacial score (nSPS) is 10.7. The number of rotatable bonds is 4. The van der Waals surface area contributed by atoms with Gasteiger partial charge in [0.15, 0.2) is 5.13 Å². The first kappa shape index (κ1) is 13.4. The molecule has 20 heavy (non-hydrogen) atoms. The van der Waals surface area contributed by atoms with Crippen LogP contribution in [0.25, 0.3) is 11.3 Å². The zero-order valence-electron chi connectivity index (χ0n) is 10.9. The van der Waals surface area contributed by atoms with Crippen molar-refractivity contribution >= 4 is 32.4 Å². The molecular formula is C15H13BrN2OS. The van der Waals surface area contributed by atoms with Crippen LogP contribution in [0.15, 0.2) is 51.6 Å². The highest BCUT2D eigenvalue weighted by Crippen LogP contribution is 2.31. The summed E-state index contributed by atoms with van der Waals surface area (Å²) >= 11 is 5.11. The van der Waals surface area contributed by atoms with Crippen LogP contribution >= 0.6 is 27.3 Å². The van der Waals surface area contributed by atoms with Crippen LogP contribution in [-0.4, -0.2) is 4.98 Å². The highest BCUT2D eigenvalue weighted by atomic mass is 79.9. The molecule has 0 unspecified atom stereocenters. The summed E-state index contributed by atoms with van der Waals surface area (Å²) in [5.41, 5.74) is 2.16. The van der Waals surface area contributed by atoms with Crippen molar-refractivity contribution in [3.63, 3.8) is 0 Å². The number of hydrogen-bond acceptors (Lipinski definition) is 4. The van der Waals surface area contributed by atoms with Gasteiger partial charge in [-0.15, -0.1) is 11.3 Å². The fourth-order valence-corrected chi connectivity index (χ4v) is 3.02. The van der Waals surface area contributed by atoms with E-state index in [9.17, 15) is 0 Å². The van der Waals surface area contributed by atoms with E-state index in [1.165, 1.54) is 4.88 Å². The third-order valence-electron chi connectivity index (χ3n) is 2.91. The van der Waals surface area contributed by atoms with Gasteiger partial charge >= 0.3 is 0 Å². The molecule has 0 aliphatic heterocycles. The average molecular weight is 349 g/mol. The number of furan rings is 1. The smallest absolute Gasteiger partial charge is 0.183 e. The minimum Gasteiger partial charge on any atom is -0.467 e. The van der Waals surface area contributed by atoms with Crippen molar-refractivity contribution in [2.75, 3.05) is 5.32 Å². The van der Waals surface area contributed by atoms with Crippen LogP contribution in [0.2, 0.25) is 0 Å². The highest BCUT2D eigenvalue weighted by Gasteiger charge is 2.09. The second-order valence-electron chi connectivity index (χ2n) is 4.36. The molecule has 3 aromatic rings. The lowest BCUT2D eigenvalue weighted by Gasteiger charge is -1.99. The Morgan fingerprint density at radius 3 is 2.75 bits per heavy atom. The highest BCUT2D eigenvalue weighted by molar-refractivity contribution is 9.10. The molecule has 2 heterocycles. The lowest BCUT2D eigenvalue weighted by atomic mass is 10.1. The fourth-order valence-electron chi connectivity index (χ4n) is 1.92. The van der Waals surface area contributed by atoms with E-state index in [0.717, 1.165) is 26.6 Å². The molecule has 3 rings (SSSR count). The molecule has 0 aliphatic rings. The minimum absolute atomic E-state index is 0.653. The summed E-state index contributed by atoms with van der Waals surface area (Å²) in [7, 11) is 0. The average Bonchev–Trinajstić information content (AvgIpc) is 3.07. The van der Waals surface area contributed by atoms with Crippen LogP contribution in [0.1, 0.15) is 10.6 Å². The Balaban J connectivity index is 1.78. The van der Waals surface area contributed by atoms with E-state index in [-0.39, 0.29) is 0 Å². The molecular weight excluding hydrogens is 336 g/mol. The van der Waals surface area contributed by atoms with Gasteiger partial charge < -0.3 is 9.73 Å². The lowest BCUT2D eigenvalue weighted by Crippen LogP contribution is -1.97. The second kappa shape index (κ2) is 5.81. The van der Waals surface area contributed by atoms with Crippen LogP contribution in [0.3, 0.4) is 0 Å². The molecule has 0 radical (unpaired) electrons. The number of hydrogen-bond donors (Lipinski definition) is 1. The number of thiazole rings is 1. The van der Waals surface area contributed by atoms with Gasteiger partial charge in [-0.2, -0.15) is 0 Å². The predicted molar refractivity (Wildman–Crippen MR) is 86.0 cm³/mol. The van der Waals surface area contributed by atoms with Gasteiger partial charge in [0, 0.05) is 14.9 Å². The first-order valence-electron chi connectivity index (χ1n) is 6.22. The van der Waals surface area contributed by atoms with Crippen LogP contribution < -0.4 is 5.32 Å². The Morgan fingerprint density at radius 1 is 1.25 bits per heavy atom. The number of aromatic nitrogens is 1. The minimum atomic E-state index is 0.653. The van der Waals surface area contributed by atoms with E-state index < -0.39 is 0 Å². The molecule has 0 saturated carbocycles. The Kier molecular flexibility index (Phi) is 3.89. The molecule has 0 bridgehead atoms. The zero-order valence-corrected chi connectivity index (χ0v) is 13.3. The third-order valence-corrected chi connectivity index (χ3v) is 4.37. The summed E-state index contributed by atoms with van der Waals surface area (Å²) in [5.74, 6) is 0.906. The van der Waals surface area contributed by atoms with Crippen molar-refractivity contribution in [2.24, 2.45) is 0 Å². The second-order valence-corrected chi connectivity index (χ2v) is 6.48. The summed E-state index contributed by atoms with van der Waals surface area (Å²) < 4.78 is 6.37. The summed E-state index contributed by atoms with van der Waals surface area (Å²) in [5, 5.41) is 4.21. The van der Waals surface area contributed by atoms with Gasteiger partial charge in [0.2, 0.25) is 0 Å². The van der Waals surface area contributed by atoms with E-state index in [1.807, 2.05) is 24.3 Å². The van der Waals surface area contributed by atoms with Crippen molar-refractivity contribution in [1.82, 2.24) is 4.98 Å². The van der Waals surface area contributed by atoms with Crippen molar-refractivity contribution < 1.29 is 4.42 Å². The maximum atomic E-state index is 5.30. The molecule has 2 aromatic heterocycles. The molecule has 102 valence electrons. The topological polar surface area (TPSA) is 38.1 Å². The third kappa shape index (κ3) is 2.94. The van der Waals surface area contributed by atoms with Crippen molar-refractivity contribution in [3.05, 3.63) is 57.8 Å². The standard InChI is InChI=1S/C15H13BrN2OS/c1-10-14(11-4-6-12(16)7-5-11)18-15(20-10)17-9-13-3-2-8-19-13/h2-8H,9H2,1H3,(H,17,18). The largest absolute Gasteiger partial charge is 0.467 e. The van der Waals surface area contributed by atoms with Gasteiger partial charge in [-0.3, -0.25) is 0 Å². The van der Waals surface area contributed by atoms with Crippen molar-refractivity contribution in [3.8, 4) is 11.3 Å². The van der Waals surface area contributed by atoms with Crippen LogP contribution in [0.5, 0.6) is 0 Å². The molecule has 0 spiro atoms. The molecule has 1 N–H and O–H groups in total. The quantitative estimate of drug-likeness (QED) is 0.713. The number of aryl methyl sites for hydroxylation is 1. The number of halogens is 1. The zero-order chi connectivity index (χ0) is 13.9. The van der Waals surface area contributed by atoms with E-state index in [0.29, 0.717) is 6.54 Å². The van der Waals surface area contributed by atoms with Crippen LogP contribution in [-0.2, 0) is 6.54 Å². The van der Waals surface area contributed by atoms with Gasteiger partial charge in [0.05, 0.1) is 18.5 Å². The first-order valence-corrected chi connectivity index (χ1v) is 7.83. The molecule has 0 atom stereocenters. The Morgan fingerprint density at radius 2 is 2.05 bits per heavy atom. The van der Waals surface area contributed by atoms with Crippen molar-refractivity contribution in [2.45, 2.75) is 13.5 Å². The van der Waals surface area contributed by atoms with E-state index >= 15 is 0 Å². The summed E-state index contributed by atoms with van der Waals surface area (Å²) in [6.07, 6.45) is 1.68. The molecule has 1 aromatic carbocycles. The van der Waals surface area contributed by atoms with Gasteiger partial charge in [0.1, 0.15) is 5.76 Å². The molecule has 0 fully saturated rings. The molecule has 5 heteroatoms. The maximum Gasteiger partial charge on any atom is 0.183 e. The Hall–Kier alpha value is -1.59. The van der Waals surface area contributed by atoms with Crippen LogP contribution in [0.4, 0.5) is 5.13 Å². The fraction of sp³-hybridized carbons (Fsp3) is 0.133. The lowest BCUT2D eigenvalue weighted by molar-refractivity contribution is 0.518. The molecule has 0 aliphatic carbocycles. The summed E-state index contributed by atoms with van der Waals surface area (Å²) in [6.45, 7) is 2.74. The van der Waals surface area contributed by atoms with Gasteiger partial charge in [-0.25, -0.2) is 4.98 Å². The SMILES string of the molecule is Cc1sc(NCc2ccco2)nc1-c1ccc(Br)cc1. The Bertz CT molecular complexity index is 689. The van der Waals surface area contributed by atoms with Crippen molar-refractivity contribution in [1.29, 1.82) is 0 Å². The first-order chi connectivity index (χ1) is 9.72. The number of nitrogens with one attached hydrogen (secondary N) is 1. The van der Waals surface area contributed by atoms with E-state index in [1.54, 1.807) is 17.6 Å². The summed E-state index contributed by atoms with van der Waals surface area (Å²) in [6, 6.07) is 12.0. The number of benzene rings is 1. The summed E-state index contributed by atoms with van der Waals surface area (Å²) in [4.78, 5) is 5.86. The predicted octanol–water partition coefficient (Wildman–Crippen LogP) is 5.09.